The summed E-state index contributed by atoms with van der Waals surface area (Å²) in [5.74, 6) is -0.871. The molecule has 0 aliphatic rings. The van der Waals surface area contributed by atoms with Crippen LogP contribution in [0.1, 0.15) is 9.67 Å². The maximum absolute atomic E-state index is 11.6. The van der Waals surface area contributed by atoms with Crippen LogP contribution in [-0.4, -0.2) is 25.5 Å². The fourth-order valence-corrected chi connectivity index (χ4v) is 1.60. The van der Waals surface area contributed by atoms with Crippen LogP contribution in [0.15, 0.2) is 24.4 Å². The summed E-state index contributed by atoms with van der Waals surface area (Å²) in [6, 6.07) is 3.39. The van der Waals surface area contributed by atoms with E-state index in [0.29, 0.717) is 0 Å². The minimum atomic E-state index is -0.640. The van der Waals surface area contributed by atoms with Gasteiger partial charge in [-0.25, -0.2) is 0 Å². The van der Waals surface area contributed by atoms with Crippen molar-refractivity contribution < 1.29 is 14.8 Å². The van der Waals surface area contributed by atoms with Gasteiger partial charge in [0, 0.05) is 6.07 Å². The number of non-ortho nitro benzene ring substituents is 1. The molecule has 92 valence electrons. The lowest BCUT2D eigenvalue weighted by atomic mass is 10.2. The number of carbonyl (C=O) groups is 1. The molecule has 0 atom stereocenters. The molecule has 0 aliphatic carbocycles. The van der Waals surface area contributed by atoms with Crippen molar-refractivity contribution in [2.75, 3.05) is 5.32 Å². The molecule has 0 unspecified atom stereocenters. The number of nitrogens with one attached hydrogen (secondary N) is 1. The number of hydrogen-bond donors (Lipinski definition) is 2. The van der Waals surface area contributed by atoms with Crippen LogP contribution in [0.25, 0.3) is 0 Å². The predicted octanol–water partition coefficient (Wildman–Crippen LogP) is 1.40. The molecule has 0 spiro atoms. The molecule has 0 bridgehead atoms. The second kappa shape index (κ2) is 4.75. The van der Waals surface area contributed by atoms with Gasteiger partial charge in [-0.2, -0.15) is 0 Å². The van der Waals surface area contributed by atoms with Crippen LogP contribution in [-0.2, 0) is 0 Å². The van der Waals surface area contributed by atoms with Crippen molar-refractivity contribution in [3.63, 3.8) is 0 Å². The quantitative estimate of drug-likeness (QED) is 0.492. The van der Waals surface area contributed by atoms with Crippen molar-refractivity contribution in [1.82, 2.24) is 9.59 Å². The highest BCUT2D eigenvalue weighted by molar-refractivity contribution is 7.07. The van der Waals surface area contributed by atoms with Crippen LogP contribution >= 0.6 is 11.5 Å². The number of benzene rings is 1. The topological polar surface area (TPSA) is 118 Å². The molecule has 0 saturated heterocycles. The molecular formula is C9H6N4O4S. The average Bonchev–Trinajstić information content (AvgIpc) is 2.85. The Kier molecular flexibility index (Phi) is 3.15. The van der Waals surface area contributed by atoms with E-state index in [2.05, 4.69) is 14.9 Å². The summed E-state index contributed by atoms with van der Waals surface area (Å²) < 4.78 is 3.52. The number of aromatic hydroxyl groups is 1. The van der Waals surface area contributed by atoms with E-state index in [4.69, 9.17) is 0 Å². The van der Waals surface area contributed by atoms with Gasteiger partial charge in [0.25, 0.3) is 11.6 Å². The lowest BCUT2D eigenvalue weighted by molar-refractivity contribution is -0.384. The number of aromatic nitrogens is 2. The van der Waals surface area contributed by atoms with Gasteiger partial charge in [-0.3, -0.25) is 14.9 Å². The molecule has 18 heavy (non-hydrogen) atoms. The number of anilines is 1. The molecule has 1 aromatic heterocycles. The summed E-state index contributed by atoms with van der Waals surface area (Å²) in [6.45, 7) is 0. The zero-order valence-electron chi connectivity index (χ0n) is 8.73. The molecule has 2 aromatic rings. The largest absolute Gasteiger partial charge is 0.506 e. The standard InChI is InChI=1S/C9H6N4O4S/c14-7-3-5(13(16)17)1-2-6(7)11-9(15)8-4-10-12-18-8/h1-4,14H,(H,11,15). The van der Waals surface area contributed by atoms with Crippen LogP contribution in [0, 0.1) is 10.1 Å². The third-order valence-electron chi connectivity index (χ3n) is 2.03. The van der Waals surface area contributed by atoms with Crippen molar-refractivity contribution in [2.45, 2.75) is 0 Å². The summed E-state index contributed by atoms with van der Waals surface area (Å²) in [5, 5.41) is 25.9. The van der Waals surface area contributed by atoms with Crippen LogP contribution in [0.2, 0.25) is 0 Å². The fourth-order valence-electron chi connectivity index (χ4n) is 1.19. The Morgan fingerprint density at radius 2 is 2.28 bits per heavy atom. The lowest BCUT2D eigenvalue weighted by Gasteiger charge is -2.05. The zero-order chi connectivity index (χ0) is 13.1. The van der Waals surface area contributed by atoms with E-state index in [9.17, 15) is 20.0 Å². The van der Waals surface area contributed by atoms with Crippen LogP contribution in [0.5, 0.6) is 5.75 Å². The van der Waals surface area contributed by atoms with E-state index >= 15 is 0 Å². The number of nitro benzene ring substituents is 1. The highest BCUT2D eigenvalue weighted by atomic mass is 32.1. The number of phenolic OH excluding ortho intramolecular Hbond substituents is 1. The van der Waals surface area contributed by atoms with Gasteiger partial charge in [0.2, 0.25) is 0 Å². The van der Waals surface area contributed by atoms with Gasteiger partial charge in [0.15, 0.2) is 0 Å². The van der Waals surface area contributed by atoms with E-state index < -0.39 is 10.8 Å². The molecule has 2 N–H and O–H groups in total. The molecule has 1 aromatic carbocycles. The summed E-state index contributed by atoms with van der Waals surface area (Å²) in [6.07, 6.45) is 1.28. The van der Waals surface area contributed by atoms with Gasteiger partial charge in [-0.1, -0.05) is 4.49 Å². The van der Waals surface area contributed by atoms with Crippen LogP contribution in [0.4, 0.5) is 11.4 Å². The van der Waals surface area contributed by atoms with Gasteiger partial charge < -0.3 is 10.4 Å². The zero-order valence-corrected chi connectivity index (χ0v) is 9.55. The van der Waals surface area contributed by atoms with E-state index in [1.54, 1.807) is 0 Å². The van der Waals surface area contributed by atoms with E-state index in [0.717, 1.165) is 17.6 Å². The number of hydrogen-bond acceptors (Lipinski definition) is 7. The predicted molar refractivity (Wildman–Crippen MR) is 62.6 cm³/mol. The molecule has 0 radical (unpaired) electrons. The Morgan fingerprint density at radius 1 is 1.50 bits per heavy atom. The van der Waals surface area contributed by atoms with Crippen molar-refractivity contribution in [3.8, 4) is 5.75 Å². The molecule has 1 amide bonds. The highest BCUT2D eigenvalue weighted by Gasteiger charge is 2.14. The minimum absolute atomic E-state index is 0.0824. The minimum Gasteiger partial charge on any atom is -0.506 e. The number of carbonyl (C=O) groups excluding carboxylic acids is 1. The molecule has 0 fully saturated rings. The number of phenols is 1. The summed E-state index contributed by atoms with van der Waals surface area (Å²) >= 11 is 0.901. The Labute approximate surface area is 104 Å². The second-order valence-electron chi connectivity index (χ2n) is 3.19. The van der Waals surface area contributed by atoms with E-state index in [1.807, 2.05) is 0 Å². The van der Waals surface area contributed by atoms with Gasteiger partial charge in [-0.15, -0.1) is 5.10 Å². The van der Waals surface area contributed by atoms with Crippen LogP contribution < -0.4 is 5.32 Å². The Hall–Kier alpha value is -2.55. The van der Waals surface area contributed by atoms with Gasteiger partial charge in [0.05, 0.1) is 22.9 Å². The molecule has 0 aliphatic heterocycles. The van der Waals surface area contributed by atoms with Gasteiger partial charge in [-0.05, 0) is 17.6 Å². The summed E-state index contributed by atoms with van der Waals surface area (Å²) in [5.41, 5.74) is -0.177. The van der Waals surface area contributed by atoms with E-state index in [1.165, 1.54) is 18.3 Å². The highest BCUT2D eigenvalue weighted by Crippen LogP contribution is 2.28. The molecule has 2 rings (SSSR count). The Morgan fingerprint density at radius 3 is 2.83 bits per heavy atom. The normalized spacial score (nSPS) is 10.0. The van der Waals surface area contributed by atoms with Gasteiger partial charge in [0.1, 0.15) is 10.6 Å². The van der Waals surface area contributed by atoms with Crippen LogP contribution in [0.3, 0.4) is 0 Å². The molecular weight excluding hydrogens is 260 g/mol. The third kappa shape index (κ3) is 2.40. The van der Waals surface area contributed by atoms with Gasteiger partial charge >= 0.3 is 0 Å². The smallest absolute Gasteiger partial charge is 0.273 e. The Balaban J connectivity index is 2.20. The second-order valence-corrected chi connectivity index (χ2v) is 3.98. The summed E-state index contributed by atoms with van der Waals surface area (Å²) in [7, 11) is 0. The first-order valence-electron chi connectivity index (χ1n) is 4.64. The molecule has 0 saturated carbocycles. The summed E-state index contributed by atoms with van der Waals surface area (Å²) in [4.78, 5) is 21.7. The maximum Gasteiger partial charge on any atom is 0.273 e. The fraction of sp³-hybridized carbons (Fsp3) is 0. The van der Waals surface area contributed by atoms with Crippen molar-refractivity contribution in [2.24, 2.45) is 0 Å². The Bertz CT molecular complexity index is 599. The first-order valence-corrected chi connectivity index (χ1v) is 5.41. The van der Waals surface area contributed by atoms with Crippen molar-refractivity contribution >= 4 is 28.8 Å². The number of amides is 1. The van der Waals surface area contributed by atoms with Crippen molar-refractivity contribution in [3.05, 3.63) is 39.4 Å². The van der Waals surface area contributed by atoms with E-state index in [-0.39, 0.29) is 22.0 Å². The maximum atomic E-state index is 11.6. The number of nitrogens with zero attached hydrogens (tertiary/aromatic N) is 3. The average molecular weight is 266 g/mol. The molecule has 9 heteroatoms. The monoisotopic (exact) mass is 266 g/mol. The first kappa shape index (κ1) is 11.9. The molecule has 8 nitrogen and oxygen atoms in total. The molecule has 1 heterocycles. The number of rotatable bonds is 3. The first-order chi connectivity index (χ1) is 8.58. The third-order valence-corrected chi connectivity index (χ3v) is 2.69. The number of nitro groups is 1. The van der Waals surface area contributed by atoms with Crippen molar-refractivity contribution in [1.29, 1.82) is 0 Å². The lowest BCUT2D eigenvalue weighted by Crippen LogP contribution is -2.10. The SMILES string of the molecule is O=C(Nc1ccc([N+](=O)[O-])cc1O)c1cnns1.